The van der Waals surface area contributed by atoms with Gasteiger partial charge in [0.25, 0.3) is 5.91 Å². The van der Waals surface area contributed by atoms with Gasteiger partial charge in [0.05, 0.1) is 10.6 Å². The lowest BCUT2D eigenvalue weighted by Crippen LogP contribution is -2.31. The molecular weight excluding hydrogens is 410 g/mol. The van der Waals surface area contributed by atoms with Crippen LogP contribution in [0.4, 0.5) is 0 Å². The molecule has 0 heterocycles. The zero-order valence-corrected chi connectivity index (χ0v) is 18.6. The number of Topliss-reactive ketones (excluding diaryl/α,β-unsaturated/α-hetero) is 1. The Morgan fingerprint density at radius 1 is 0.871 bits per heavy atom. The number of amides is 1. The van der Waals surface area contributed by atoms with Crippen LogP contribution in [-0.2, 0) is 13.0 Å². The highest BCUT2D eigenvalue weighted by atomic mass is 35.5. The summed E-state index contributed by atoms with van der Waals surface area (Å²) in [6.45, 7) is 5.47. The van der Waals surface area contributed by atoms with Crippen LogP contribution in [0.15, 0.2) is 72.8 Å². The molecule has 0 aromatic heterocycles. The standard InChI is InChI=1S/C26H26ClNO3/c1-3-28(4-2)26(30)25-21(11-8-12-23(25)27)17-24(29)20-13-15-22(16-14-20)31-18-19-9-6-5-7-10-19/h5-16H,3-4,17-18H2,1-2H3. The summed E-state index contributed by atoms with van der Waals surface area (Å²) in [5.74, 6) is 0.467. The molecule has 0 aliphatic rings. The average Bonchev–Trinajstić information content (AvgIpc) is 2.79. The predicted molar refractivity (Wildman–Crippen MR) is 124 cm³/mol. The Balaban J connectivity index is 1.71. The number of nitrogens with zero attached hydrogens (tertiary/aromatic N) is 1. The molecule has 160 valence electrons. The molecule has 0 fully saturated rings. The van der Waals surface area contributed by atoms with Crippen molar-refractivity contribution in [3.63, 3.8) is 0 Å². The van der Waals surface area contributed by atoms with E-state index in [1.807, 2.05) is 44.2 Å². The van der Waals surface area contributed by atoms with Gasteiger partial charge in [-0.25, -0.2) is 0 Å². The Labute approximate surface area is 188 Å². The minimum atomic E-state index is -0.150. The molecule has 0 radical (unpaired) electrons. The number of carbonyl (C=O) groups excluding carboxylic acids is 2. The molecule has 0 spiro atoms. The first-order valence-electron chi connectivity index (χ1n) is 10.4. The van der Waals surface area contributed by atoms with Crippen molar-refractivity contribution in [2.45, 2.75) is 26.9 Å². The molecule has 0 saturated carbocycles. The van der Waals surface area contributed by atoms with Crippen LogP contribution < -0.4 is 4.74 Å². The van der Waals surface area contributed by atoms with Gasteiger partial charge < -0.3 is 9.64 Å². The summed E-state index contributed by atoms with van der Waals surface area (Å²) in [6.07, 6.45) is 0.104. The molecule has 0 bridgehead atoms. The van der Waals surface area contributed by atoms with Crippen molar-refractivity contribution >= 4 is 23.3 Å². The summed E-state index contributed by atoms with van der Waals surface area (Å²) in [7, 11) is 0. The largest absolute Gasteiger partial charge is 0.489 e. The van der Waals surface area contributed by atoms with Crippen molar-refractivity contribution in [3.05, 3.63) is 100 Å². The highest BCUT2D eigenvalue weighted by Crippen LogP contribution is 2.24. The Morgan fingerprint density at radius 2 is 1.55 bits per heavy atom. The zero-order chi connectivity index (χ0) is 22.2. The fourth-order valence-corrected chi connectivity index (χ4v) is 3.65. The van der Waals surface area contributed by atoms with Gasteiger partial charge in [0.1, 0.15) is 12.4 Å². The Morgan fingerprint density at radius 3 is 2.19 bits per heavy atom. The third-order valence-corrected chi connectivity index (χ3v) is 5.46. The smallest absolute Gasteiger partial charge is 0.255 e. The van der Waals surface area contributed by atoms with E-state index in [9.17, 15) is 9.59 Å². The highest BCUT2D eigenvalue weighted by Gasteiger charge is 2.21. The minimum absolute atomic E-state index is 0.0783. The van der Waals surface area contributed by atoms with E-state index in [0.717, 1.165) is 5.56 Å². The van der Waals surface area contributed by atoms with Crippen LogP contribution in [0.2, 0.25) is 5.02 Å². The molecule has 5 heteroatoms. The van der Waals surface area contributed by atoms with E-state index in [1.165, 1.54) is 0 Å². The molecule has 0 unspecified atom stereocenters. The number of hydrogen-bond acceptors (Lipinski definition) is 3. The van der Waals surface area contributed by atoms with E-state index in [-0.39, 0.29) is 18.1 Å². The Bertz CT molecular complexity index is 1030. The number of halogens is 1. The maximum atomic E-state index is 12.9. The lowest BCUT2D eigenvalue weighted by molar-refractivity contribution is 0.0772. The summed E-state index contributed by atoms with van der Waals surface area (Å²) in [6, 6.07) is 22.2. The molecular formula is C26H26ClNO3. The van der Waals surface area contributed by atoms with Gasteiger partial charge in [-0.1, -0.05) is 54.1 Å². The topological polar surface area (TPSA) is 46.6 Å². The highest BCUT2D eigenvalue weighted by molar-refractivity contribution is 6.34. The SMILES string of the molecule is CCN(CC)C(=O)c1c(Cl)cccc1CC(=O)c1ccc(OCc2ccccc2)cc1. The number of rotatable bonds is 9. The lowest BCUT2D eigenvalue weighted by Gasteiger charge is -2.21. The van der Waals surface area contributed by atoms with Crippen LogP contribution in [-0.4, -0.2) is 29.7 Å². The van der Waals surface area contributed by atoms with Gasteiger partial charge >= 0.3 is 0 Å². The Kier molecular flexibility index (Phi) is 7.85. The monoisotopic (exact) mass is 435 g/mol. The molecule has 31 heavy (non-hydrogen) atoms. The first-order chi connectivity index (χ1) is 15.0. The number of benzene rings is 3. The van der Waals surface area contributed by atoms with Crippen molar-refractivity contribution in [1.82, 2.24) is 4.90 Å². The fraction of sp³-hybridized carbons (Fsp3) is 0.231. The lowest BCUT2D eigenvalue weighted by atomic mass is 9.97. The van der Waals surface area contributed by atoms with Gasteiger partial charge in [0.15, 0.2) is 5.78 Å². The first kappa shape index (κ1) is 22.6. The van der Waals surface area contributed by atoms with Gasteiger partial charge in [-0.15, -0.1) is 0 Å². The molecule has 3 aromatic carbocycles. The van der Waals surface area contributed by atoms with Crippen LogP contribution in [0.5, 0.6) is 5.75 Å². The van der Waals surface area contributed by atoms with Gasteiger partial charge in [0.2, 0.25) is 0 Å². The molecule has 1 amide bonds. The summed E-state index contributed by atoms with van der Waals surface area (Å²) in [5, 5.41) is 0.367. The van der Waals surface area contributed by atoms with Crippen LogP contribution in [0.25, 0.3) is 0 Å². The third-order valence-electron chi connectivity index (χ3n) is 5.14. The van der Waals surface area contributed by atoms with Gasteiger partial charge in [0, 0.05) is 25.1 Å². The molecule has 0 N–H and O–H groups in total. The second-order valence-electron chi connectivity index (χ2n) is 7.15. The molecule has 0 atom stereocenters. The molecule has 3 rings (SSSR count). The number of ketones is 1. The quantitative estimate of drug-likeness (QED) is 0.397. The average molecular weight is 436 g/mol. The van der Waals surface area contributed by atoms with Gasteiger partial charge in [-0.3, -0.25) is 9.59 Å². The van der Waals surface area contributed by atoms with Crippen LogP contribution in [0.1, 0.15) is 45.7 Å². The molecule has 0 aliphatic heterocycles. The molecule has 4 nitrogen and oxygen atoms in total. The van der Waals surface area contributed by atoms with E-state index in [4.69, 9.17) is 16.3 Å². The van der Waals surface area contributed by atoms with E-state index in [1.54, 1.807) is 47.4 Å². The van der Waals surface area contributed by atoms with Crippen LogP contribution in [0.3, 0.4) is 0 Å². The maximum Gasteiger partial charge on any atom is 0.255 e. The minimum Gasteiger partial charge on any atom is -0.489 e. The van der Waals surface area contributed by atoms with E-state index < -0.39 is 0 Å². The summed E-state index contributed by atoms with van der Waals surface area (Å²) >= 11 is 6.34. The third kappa shape index (κ3) is 5.74. The maximum absolute atomic E-state index is 12.9. The molecule has 3 aromatic rings. The van der Waals surface area contributed by atoms with E-state index in [2.05, 4.69) is 0 Å². The van der Waals surface area contributed by atoms with Crippen LogP contribution in [0, 0.1) is 0 Å². The number of carbonyl (C=O) groups is 2. The summed E-state index contributed by atoms with van der Waals surface area (Å²) in [5.41, 5.74) is 2.69. The number of ether oxygens (including phenoxy) is 1. The van der Waals surface area contributed by atoms with Crippen LogP contribution >= 0.6 is 11.6 Å². The molecule has 0 aliphatic carbocycles. The van der Waals surface area contributed by atoms with Crippen molar-refractivity contribution in [1.29, 1.82) is 0 Å². The van der Waals surface area contributed by atoms with Gasteiger partial charge in [-0.05, 0) is 55.3 Å². The van der Waals surface area contributed by atoms with Crippen molar-refractivity contribution in [2.24, 2.45) is 0 Å². The summed E-state index contributed by atoms with van der Waals surface area (Å²) < 4.78 is 5.78. The van der Waals surface area contributed by atoms with Crippen molar-refractivity contribution in [2.75, 3.05) is 13.1 Å². The van der Waals surface area contributed by atoms with Gasteiger partial charge in [-0.2, -0.15) is 0 Å². The fourth-order valence-electron chi connectivity index (χ4n) is 3.38. The molecule has 0 saturated heterocycles. The zero-order valence-electron chi connectivity index (χ0n) is 17.8. The number of hydrogen-bond donors (Lipinski definition) is 0. The summed E-state index contributed by atoms with van der Waals surface area (Å²) in [4.78, 5) is 27.5. The Hall–Kier alpha value is -3.11. The van der Waals surface area contributed by atoms with E-state index >= 15 is 0 Å². The van der Waals surface area contributed by atoms with E-state index in [0.29, 0.717) is 47.2 Å². The second kappa shape index (κ2) is 10.8. The predicted octanol–water partition coefficient (Wildman–Crippen LogP) is 5.83. The van der Waals surface area contributed by atoms with Crippen molar-refractivity contribution in [3.8, 4) is 5.75 Å². The first-order valence-corrected chi connectivity index (χ1v) is 10.8. The normalized spacial score (nSPS) is 10.5. The van der Waals surface area contributed by atoms with Crippen molar-refractivity contribution < 1.29 is 14.3 Å². The second-order valence-corrected chi connectivity index (χ2v) is 7.56.